The number of hydrogen-bond donors (Lipinski definition) is 0. The van der Waals surface area contributed by atoms with Crippen molar-refractivity contribution in [2.75, 3.05) is 0 Å². The van der Waals surface area contributed by atoms with Gasteiger partial charge >= 0.3 is 79.5 Å². The van der Waals surface area contributed by atoms with E-state index in [9.17, 15) is 0 Å². The predicted octanol–water partition coefficient (Wildman–Crippen LogP) is -6.36. The first kappa shape index (κ1) is 19.9. The Morgan fingerprint density at radius 3 is 1.77 bits per heavy atom. The Morgan fingerprint density at radius 1 is 1.15 bits per heavy atom. The van der Waals surface area contributed by atoms with Gasteiger partial charge in [0, 0.05) is 0 Å². The molecule has 0 aliphatic heterocycles. The zero-order valence-corrected chi connectivity index (χ0v) is 13.7. The average molecular weight is 335 g/mol. The Kier molecular flexibility index (Phi) is 11.8. The molecule has 0 radical (unpaired) electrons. The molecule has 0 saturated carbocycles. The van der Waals surface area contributed by atoms with Gasteiger partial charge in [-0.05, 0) is 0 Å². The van der Waals surface area contributed by atoms with E-state index in [2.05, 4.69) is 31.8 Å². The summed E-state index contributed by atoms with van der Waals surface area (Å²) in [4.78, 5) is 0. The second-order valence-corrected chi connectivity index (χ2v) is 10.4. The summed E-state index contributed by atoms with van der Waals surface area (Å²) in [5.41, 5.74) is 0. The first-order valence-electron chi connectivity index (χ1n) is 3.63. The summed E-state index contributed by atoms with van der Waals surface area (Å²) in [5, 5.41) is 1.65. The fourth-order valence-corrected chi connectivity index (χ4v) is 3.36. The minimum Gasteiger partial charge on any atom is -1.00 e. The quantitative estimate of drug-likeness (QED) is 0.419. The topological polar surface area (TPSA) is 0 Å². The molecule has 0 fully saturated rings. The van der Waals surface area contributed by atoms with Gasteiger partial charge in [-0.25, -0.2) is 0 Å². The van der Waals surface area contributed by atoms with Crippen molar-refractivity contribution in [3.63, 3.8) is 0 Å². The first-order valence-corrected chi connectivity index (χ1v) is 8.36. The van der Waals surface area contributed by atoms with Crippen LogP contribution in [-0.2, 0) is 24.7 Å². The molecule has 0 aromatic rings. The van der Waals surface area contributed by atoms with Gasteiger partial charge in [-0.3, -0.25) is 0 Å². The zero-order chi connectivity index (χ0) is 7.78. The van der Waals surface area contributed by atoms with Crippen LogP contribution in [0.2, 0.25) is 19.6 Å². The number of allylic oxidation sites excluding steroid dienone is 4. The third-order valence-corrected chi connectivity index (χ3v) is 4.67. The van der Waals surface area contributed by atoms with Crippen molar-refractivity contribution in [1.29, 1.82) is 0 Å². The molecular weight excluding hydrogens is 322 g/mol. The normalized spacial score (nSPS) is 14.5. The van der Waals surface area contributed by atoms with Gasteiger partial charge < -0.3 is 37.2 Å². The average Bonchev–Trinajstić information content (AvgIpc) is 2.11. The maximum absolute atomic E-state index is 2.41. The first-order chi connectivity index (χ1) is 4.50. The summed E-state index contributed by atoms with van der Waals surface area (Å²) in [6, 6.07) is 0. The van der Waals surface area contributed by atoms with Crippen molar-refractivity contribution in [1.82, 2.24) is 0 Å². The third kappa shape index (κ3) is 6.52. The summed E-state index contributed by atoms with van der Waals surface area (Å²) in [6.07, 6.45) is 6.05. The standard InChI is InChI=1S/C8H13Si.3ClH.Zr/c1-9(2,3)8-6-4-5-7-8;;;;/h6-7H,4H2,1-3H3;3*1H;/q;;;;+3/p-3. The fraction of sp³-hybridized carbons (Fsp3) is 0.500. The molecule has 1 rings (SSSR count). The molecule has 1 aliphatic rings. The van der Waals surface area contributed by atoms with E-state index in [0.717, 1.165) is 0 Å². The molecule has 5 heteroatoms. The molecule has 0 unspecified atom stereocenters. The molecule has 0 atom stereocenters. The van der Waals surface area contributed by atoms with Crippen LogP contribution in [0.3, 0.4) is 0 Å². The maximum atomic E-state index is 2.41. The van der Waals surface area contributed by atoms with Crippen LogP contribution in [0.1, 0.15) is 6.42 Å². The van der Waals surface area contributed by atoms with Gasteiger partial charge in [-0.2, -0.15) is 0 Å². The Morgan fingerprint density at radius 2 is 1.62 bits per heavy atom. The fourth-order valence-electron chi connectivity index (χ4n) is 1.05. The molecule has 1 aliphatic carbocycles. The SMILES string of the molecule is C[Si](C)(C)C1=CC[C]([Zr+3])=C1.[Cl-].[Cl-].[Cl-]. The monoisotopic (exact) mass is 332 g/mol. The zero-order valence-electron chi connectivity index (χ0n) is 8.00. The summed E-state index contributed by atoms with van der Waals surface area (Å²) in [5.74, 6) is 0. The summed E-state index contributed by atoms with van der Waals surface area (Å²) < 4.78 is 1.62. The van der Waals surface area contributed by atoms with Crippen molar-refractivity contribution >= 4 is 8.07 Å². The van der Waals surface area contributed by atoms with Crippen LogP contribution < -0.4 is 37.2 Å². The molecule has 0 amide bonds. The molecule has 0 nitrogen and oxygen atoms in total. The van der Waals surface area contributed by atoms with Gasteiger partial charge in [-0.15, -0.1) is 0 Å². The van der Waals surface area contributed by atoms with Crippen molar-refractivity contribution in [3.05, 3.63) is 20.6 Å². The molecule has 0 aromatic heterocycles. The van der Waals surface area contributed by atoms with Crippen molar-refractivity contribution in [2.45, 2.75) is 26.1 Å². The Bertz CT molecular complexity index is 206. The van der Waals surface area contributed by atoms with E-state index in [1.54, 1.807) is 33.2 Å². The van der Waals surface area contributed by atoms with E-state index in [4.69, 9.17) is 0 Å². The van der Waals surface area contributed by atoms with E-state index < -0.39 is 8.07 Å². The van der Waals surface area contributed by atoms with Gasteiger partial charge in [0.15, 0.2) is 0 Å². The summed E-state index contributed by atoms with van der Waals surface area (Å²) in [6.45, 7) is 7.22. The molecule has 0 N–H and O–H groups in total. The largest absolute Gasteiger partial charge is 1.00 e. The van der Waals surface area contributed by atoms with Gasteiger partial charge in [-0.1, -0.05) is 0 Å². The Balaban J connectivity index is -0.000000333. The maximum Gasteiger partial charge on any atom is -1.00 e. The van der Waals surface area contributed by atoms with Gasteiger partial charge in [0.25, 0.3) is 0 Å². The number of halogens is 3. The Labute approximate surface area is 116 Å². The second-order valence-electron chi connectivity index (χ2n) is 3.78. The van der Waals surface area contributed by atoms with E-state index >= 15 is 0 Å². The minimum atomic E-state index is -0.967. The number of hydrogen-bond acceptors (Lipinski definition) is 0. The molecule has 0 bridgehead atoms. The summed E-state index contributed by atoms with van der Waals surface area (Å²) in [7, 11) is -0.967. The van der Waals surface area contributed by atoms with Crippen LogP contribution in [0.4, 0.5) is 0 Å². The second kappa shape index (κ2) is 7.70. The molecular formula is C8H13Cl3SiZr. The van der Waals surface area contributed by atoms with E-state index in [1.165, 1.54) is 6.42 Å². The van der Waals surface area contributed by atoms with Crippen molar-refractivity contribution in [2.24, 2.45) is 0 Å². The minimum absolute atomic E-state index is 0. The molecule has 74 valence electrons. The van der Waals surface area contributed by atoms with Crippen LogP contribution in [0, 0.1) is 0 Å². The van der Waals surface area contributed by atoms with Crippen LogP contribution in [0.5, 0.6) is 0 Å². The van der Waals surface area contributed by atoms with Crippen molar-refractivity contribution < 1.29 is 61.9 Å². The van der Waals surface area contributed by atoms with E-state index in [1.807, 2.05) is 0 Å². The van der Waals surface area contributed by atoms with Crippen LogP contribution in [0.15, 0.2) is 20.6 Å². The van der Waals surface area contributed by atoms with E-state index in [-0.39, 0.29) is 37.2 Å². The van der Waals surface area contributed by atoms with Crippen LogP contribution in [0.25, 0.3) is 0 Å². The van der Waals surface area contributed by atoms with Crippen molar-refractivity contribution in [3.8, 4) is 0 Å². The molecule has 13 heavy (non-hydrogen) atoms. The number of rotatable bonds is 1. The van der Waals surface area contributed by atoms with E-state index in [0.29, 0.717) is 0 Å². The predicted molar refractivity (Wildman–Crippen MR) is 44.1 cm³/mol. The molecule has 0 saturated heterocycles. The summed E-state index contributed by atoms with van der Waals surface area (Å²) >= 11 is 1.59. The van der Waals surface area contributed by atoms with Gasteiger partial charge in [0.1, 0.15) is 0 Å². The third-order valence-electron chi connectivity index (χ3n) is 1.74. The smallest absolute Gasteiger partial charge is 1.00 e. The Hall–Kier alpha value is 1.45. The van der Waals surface area contributed by atoms with Crippen LogP contribution >= 0.6 is 0 Å². The molecule has 0 aromatic carbocycles. The van der Waals surface area contributed by atoms with Gasteiger partial charge in [0.05, 0.1) is 0 Å². The van der Waals surface area contributed by atoms with Gasteiger partial charge in [0.2, 0.25) is 0 Å². The van der Waals surface area contributed by atoms with Crippen LogP contribution in [-0.4, -0.2) is 8.07 Å². The molecule has 0 heterocycles. The molecule has 0 spiro atoms.